The van der Waals surface area contributed by atoms with E-state index in [2.05, 4.69) is 15.6 Å². The Morgan fingerprint density at radius 3 is 2.81 bits per heavy atom. The lowest BCUT2D eigenvalue weighted by Gasteiger charge is -2.07. The molecule has 0 saturated carbocycles. The minimum Gasteiger partial charge on any atom is -0.496 e. The topological polar surface area (TPSA) is 80.3 Å². The molecule has 0 unspecified atom stereocenters. The summed E-state index contributed by atoms with van der Waals surface area (Å²) in [7, 11) is 1.62. The molecule has 27 heavy (non-hydrogen) atoms. The monoisotopic (exact) mass is 401 g/mol. The summed E-state index contributed by atoms with van der Waals surface area (Å²) < 4.78 is 5.39. The molecule has 2 amide bonds. The molecular formula is C19H19N3O3S2. The molecule has 8 heteroatoms. The van der Waals surface area contributed by atoms with E-state index in [-0.39, 0.29) is 24.8 Å². The van der Waals surface area contributed by atoms with E-state index in [1.807, 2.05) is 35.9 Å². The van der Waals surface area contributed by atoms with Gasteiger partial charge in [0.25, 0.3) is 5.91 Å². The second-order valence-corrected chi connectivity index (χ2v) is 7.45. The van der Waals surface area contributed by atoms with Crippen LogP contribution in [0.25, 0.3) is 11.3 Å². The zero-order chi connectivity index (χ0) is 19.2. The Kier molecular flexibility index (Phi) is 6.20. The number of hydrogen-bond donors (Lipinski definition) is 2. The molecule has 0 aliphatic heterocycles. The Bertz CT molecular complexity index is 936. The first kappa shape index (κ1) is 19.1. The number of carbonyl (C=O) groups is 2. The van der Waals surface area contributed by atoms with E-state index in [0.717, 1.165) is 22.6 Å². The highest BCUT2D eigenvalue weighted by Gasteiger charge is 2.12. The second kappa shape index (κ2) is 8.79. The van der Waals surface area contributed by atoms with Crippen LogP contribution in [0.2, 0.25) is 0 Å². The van der Waals surface area contributed by atoms with Gasteiger partial charge in [0.15, 0.2) is 5.13 Å². The van der Waals surface area contributed by atoms with Gasteiger partial charge in [-0.3, -0.25) is 9.59 Å². The fourth-order valence-corrected chi connectivity index (χ4v) is 3.81. The van der Waals surface area contributed by atoms with Crippen molar-refractivity contribution in [3.63, 3.8) is 0 Å². The summed E-state index contributed by atoms with van der Waals surface area (Å²) in [6.07, 6.45) is 0.179. The van der Waals surface area contributed by atoms with Crippen molar-refractivity contribution in [1.82, 2.24) is 10.3 Å². The standard InChI is InChI=1S/C19H19N3O3S2/c1-12-3-4-16(25-2)14(9-12)15-11-27-19(21-15)22-17(23)5-7-20-18(24)13-6-8-26-10-13/h3-4,6,8-11H,5,7H2,1-2H3,(H,20,24)(H,21,22,23). The van der Waals surface area contributed by atoms with Gasteiger partial charge in [-0.05, 0) is 30.5 Å². The first-order valence-corrected chi connectivity index (χ1v) is 10.1. The molecule has 0 radical (unpaired) electrons. The number of methoxy groups -OCH3 is 1. The van der Waals surface area contributed by atoms with Gasteiger partial charge in [-0.15, -0.1) is 11.3 Å². The fourth-order valence-electron chi connectivity index (χ4n) is 2.44. The third-order valence-corrected chi connectivity index (χ3v) is 5.24. The maximum absolute atomic E-state index is 12.1. The zero-order valence-electron chi connectivity index (χ0n) is 14.9. The van der Waals surface area contributed by atoms with Gasteiger partial charge in [-0.2, -0.15) is 11.3 Å². The number of benzene rings is 1. The number of carbonyl (C=O) groups excluding carboxylic acids is 2. The summed E-state index contributed by atoms with van der Waals surface area (Å²) in [4.78, 5) is 28.4. The summed E-state index contributed by atoms with van der Waals surface area (Å²) in [6.45, 7) is 2.27. The lowest BCUT2D eigenvalue weighted by Crippen LogP contribution is -2.27. The molecule has 0 aliphatic rings. The molecule has 0 bridgehead atoms. The number of aryl methyl sites for hydroxylation is 1. The molecular weight excluding hydrogens is 382 g/mol. The van der Waals surface area contributed by atoms with Gasteiger partial charge in [0.1, 0.15) is 5.75 Å². The van der Waals surface area contributed by atoms with Crippen LogP contribution in [-0.2, 0) is 4.79 Å². The third kappa shape index (κ3) is 4.93. The van der Waals surface area contributed by atoms with Crippen LogP contribution in [0, 0.1) is 6.92 Å². The molecule has 0 atom stereocenters. The number of aromatic nitrogens is 1. The second-order valence-electron chi connectivity index (χ2n) is 5.81. The van der Waals surface area contributed by atoms with Crippen molar-refractivity contribution in [2.45, 2.75) is 13.3 Å². The van der Waals surface area contributed by atoms with Crippen molar-refractivity contribution in [2.75, 3.05) is 19.0 Å². The van der Waals surface area contributed by atoms with Crippen LogP contribution >= 0.6 is 22.7 Å². The molecule has 0 saturated heterocycles. The van der Waals surface area contributed by atoms with Gasteiger partial charge in [-0.25, -0.2) is 4.98 Å². The number of nitrogens with zero attached hydrogens (tertiary/aromatic N) is 1. The number of nitrogens with one attached hydrogen (secondary N) is 2. The molecule has 3 rings (SSSR count). The number of ether oxygens (including phenoxy) is 1. The highest BCUT2D eigenvalue weighted by molar-refractivity contribution is 7.14. The van der Waals surface area contributed by atoms with Gasteiger partial charge in [0, 0.05) is 34.9 Å². The van der Waals surface area contributed by atoms with Crippen LogP contribution in [0.5, 0.6) is 5.75 Å². The van der Waals surface area contributed by atoms with Crippen molar-refractivity contribution < 1.29 is 14.3 Å². The average Bonchev–Trinajstić information content (AvgIpc) is 3.33. The third-order valence-electron chi connectivity index (χ3n) is 3.80. The van der Waals surface area contributed by atoms with Crippen LogP contribution in [-0.4, -0.2) is 30.5 Å². The lowest BCUT2D eigenvalue weighted by atomic mass is 10.1. The smallest absolute Gasteiger partial charge is 0.252 e. The van der Waals surface area contributed by atoms with Gasteiger partial charge in [0.05, 0.1) is 12.8 Å². The molecule has 0 aliphatic carbocycles. The minimum atomic E-state index is -0.197. The van der Waals surface area contributed by atoms with E-state index in [4.69, 9.17) is 4.74 Å². The molecule has 0 fully saturated rings. The van der Waals surface area contributed by atoms with E-state index in [1.165, 1.54) is 22.7 Å². The first-order valence-electron chi connectivity index (χ1n) is 8.27. The highest BCUT2D eigenvalue weighted by atomic mass is 32.1. The summed E-state index contributed by atoms with van der Waals surface area (Å²) in [5, 5.41) is 11.5. The Morgan fingerprint density at radius 2 is 2.07 bits per heavy atom. The van der Waals surface area contributed by atoms with Gasteiger partial charge < -0.3 is 15.4 Å². The predicted molar refractivity (Wildman–Crippen MR) is 109 cm³/mol. The van der Waals surface area contributed by atoms with Gasteiger partial charge >= 0.3 is 0 Å². The van der Waals surface area contributed by atoms with Crippen LogP contribution in [0.3, 0.4) is 0 Å². The number of thiophene rings is 1. The summed E-state index contributed by atoms with van der Waals surface area (Å²) >= 11 is 2.81. The lowest BCUT2D eigenvalue weighted by molar-refractivity contribution is -0.116. The van der Waals surface area contributed by atoms with Crippen molar-refractivity contribution >= 4 is 39.6 Å². The average molecular weight is 402 g/mol. The molecule has 1 aromatic carbocycles. The minimum absolute atomic E-state index is 0.174. The van der Waals surface area contributed by atoms with Crippen LogP contribution in [0.4, 0.5) is 5.13 Å². The quantitative estimate of drug-likeness (QED) is 0.628. The molecule has 0 spiro atoms. The maximum atomic E-state index is 12.1. The van der Waals surface area contributed by atoms with Crippen LogP contribution in [0.15, 0.2) is 40.4 Å². The molecule has 2 N–H and O–H groups in total. The van der Waals surface area contributed by atoms with Crippen molar-refractivity contribution in [2.24, 2.45) is 0 Å². The summed E-state index contributed by atoms with van der Waals surface area (Å²) in [6, 6.07) is 7.62. The van der Waals surface area contributed by atoms with E-state index >= 15 is 0 Å². The molecule has 140 valence electrons. The number of thiazole rings is 1. The van der Waals surface area contributed by atoms with E-state index in [1.54, 1.807) is 18.6 Å². The Labute approximate surface area is 165 Å². The highest BCUT2D eigenvalue weighted by Crippen LogP contribution is 2.32. The Hall–Kier alpha value is -2.71. The molecule has 2 aromatic heterocycles. The Balaban J connectivity index is 1.55. The van der Waals surface area contributed by atoms with Crippen molar-refractivity contribution in [3.8, 4) is 17.0 Å². The number of amides is 2. The summed E-state index contributed by atoms with van der Waals surface area (Å²) in [5.41, 5.74) is 3.35. The maximum Gasteiger partial charge on any atom is 0.252 e. The van der Waals surface area contributed by atoms with Crippen LogP contribution in [0.1, 0.15) is 22.3 Å². The largest absolute Gasteiger partial charge is 0.496 e. The van der Waals surface area contributed by atoms with Gasteiger partial charge in [-0.1, -0.05) is 11.6 Å². The fraction of sp³-hybridized carbons (Fsp3) is 0.211. The van der Waals surface area contributed by atoms with Gasteiger partial charge in [0.2, 0.25) is 5.91 Å². The Morgan fingerprint density at radius 1 is 1.22 bits per heavy atom. The van der Waals surface area contributed by atoms with Crippen molar-refractivity contribution in [1.29, 1.82) is 0 Å². The molecule has 2 heterocycles. The normalized spacial score (nSPS) is 10.4. The predicted octanol–water partition coefficient (Wildman–Crippen LogP) is 3.95. The van der Waals surface area contributed by atoms with E-state index in [9.17, 15) is 9.59 Å². The number of hydrogen-bond acceptors (Lipinski definition) is 6. The number of anilines is 1. The number of rotatable bonds is 7. The first-order chi connectivity index (χ1) is 13.1. The van der Waals surface area contributed by atoms with E-state index in [0.29, 0.717) is 10.7 Å². The molecule has 3 aromatic rings. The van der Waals surface area contributed by atoms with Crippen molar-refractivity contribution in [3.05, 3.63) is 51.5 Å². The zero-order valence-corrected chi connectivity index (χ0v) is 16.6. The van der Waals surface area contributed by atoms with Crippen LogP contribution < -0.4 is 15.4 Å². The van der Waals surface area contributed by atoms with E-state index < -0.39 is 0 Å². The molecule has 6 nitrogen and oxygen atoms in total. The SMILES string of the molecule is COc1ccc(C)cc1-c1csc(NC(=O)CCNC(=O)c2ccsc2)n1. The summed E-state index contributed by atoms with van der Waals surface area (Å²) in [5.74, 6) is 0.366.